The van der Waals surface area contributed by atoms with E-state index in [4.69, 9.17) is 20.3 Å². The summed E-state index contributed by atoms with van der Waals surface area (Å²) in [5.41, 5.74) is 8.28. The zero-order chi connectivity index (χ0) is 17.8. The highest BCUT2D eigenvalue weighted by atomic mass is 16.5. The monoisotopic (exact) mass is 324 g/mol. The lowest BCUT2D eigenvalue weighted by molar-refractivity contribution is -0.153. The van der Waals surface area contributed by atoms with Crippen LogP contribution in [-0.2, 0) is 23.9 Å². The molecule has 0 aliphatic heterocycles. The van der Waals surface area contributed by atoms with Crippen LogP contribution in [0.25, 0.3) is 5.53 Å². The Morgan fingerprint density at radius 3 is 2.57 bits per heavy atom. The molecule has 0 fully saturated rings. The van der Waals surface area contributed by atoms with Gasteiger partial charge in [0.1, 0.15) is 18.2 Å². The van der Waals surface area contributed by atoms with Gasteiger partial charge in [0, 0.05) is 13.5 Å². The molecule has 9 nitrogen and oxygen atoms in total. The Balaban J connectivity index is 4.87. The van der Waals surface area contributed by atoms with Crippen LogP contribution in [0.15, 0.2) is 0 Å². The van der Waals surface area contributed by atoms with E-state index in [1.165, 1.54) is 14.0 Å². The summed E-state index contributed by atoms with van der Waals surface area (Å²) in [6, 6.07) is 0.791. The smallest absolute Gasteiger partial charge is 0.328 e. The number of nitrogens with one attached hydrogen (secondary N) is 1. The van der Waals surface area contributed by atoms with Crippen molar-refractivity contribution in [1.82, 2.24) is 5.32 Å². The molecule has 0 aromatic rings. The van der Waals surface area contributed by atoms with E-state index in [2.05, 4.69) is 10.1 Å². The van der Waals surface area contributed by atoms with Crippen LogP contribution in [0, 0.1) is 11.3 Å². The number of nitrogens with zero attached hydrogens (tertiary/aromatic N) is 3. The first-order chi connectivity index (χ1) is 10.8. The van der Waals surface area contributed by atoms with Gasteiger partial charge in [-0.05, 0) is 20.3 Å². The summed E-state index contributed by atoms with van der Waals surface area (Å²) < 4.78 is 9.90. The topological polar surface area (TPSA) is 142 Å². The number of carbonyl (C=O) groups excluding carboxylic acids is 3. The third-order valence-corrected chi connectivity index (χ3v) is 2.90. The minimum Gasteiger partial charge on any atom is -0.460 e. The lowest BCUT2D eigenvalue weighted by atomic mass is 10.1. The van der Waals surface area contributed by atoms with E-state index in [1.807, 2.05) is 6.07 Å². The third kappa shape index (κ3) is 8.46. The van der Waals surface area contributed by atoms with E-state index in [1.54, 1.807) is 6.92 Å². The summed E-state index contributed by atoms with van der Waals surface area (Å²) in [7, 11) is 1.34. The molecule has 0 aliphatic rings. The van der Waals surface area contributed by atoms with Crippen molar-refractivity contribution in [1.29, 1.82) is 5.26 Å². The zero-order valence-corrected chi connectivity index (χ0v) is 13.3. The van der Waals surface area contributed by atoms with Gasteiger partial charge in [-0.3, -0.25) is 9.59 Å². The molecule has 0 aliphatic carbocycles. The van der Waals surface area contributed by atoms with Crippen molar-refractivity contribution < 1.29 is 28.6 Å². The molecule has 126 valence electrons. The fourth-order valence-electron chi connectivity index (χ4n) is 1.51. The van der Waals surface area contributed by atoms with Gasteiger partial charge in [0.15, 0.2) is 0 Å². The molecule has 1 N–H and O–H groups in total. The Kier molecular flexibility index (Phi) is 9.83. The lowest BCUT2D eigenvalue weighted by Gasteiger charge is -2.20. The molecule has 0 bridgehead atoms. The fraction of sp³-hybridized carbons (Fsp3) is 0.643. The number of methoxy groups -OCH3 is 1. The normalized spacial score (nSPS) is 13.7. The molecule has 0 radical (unpaired) electrons. The number of carbonyl (C=O) groups is 3. The highest BCUT2D eigenvalue weighted by Gasteiger charge is 2.26. The molecule has 0 rings (SSSR count). The van der Waals surface area contributed by atoms with Crippen molar-refractivity contribution in [2.24, 2.45) is 0 Å². The number of Topliss-reactive ketones (excluding diaryl/α,β-unsaturated/α-hetero) is 1. The first kappa shape index (κ1) is 20.4. The molecule has 1 amide bonds. The number of hydrogen-bond donors (Lipinski definition) is 1. The van der Waals surface area contributed by atoms with E-state index in [9.17, 15) is 14.4 Å². The second kappa shape index (κ2) is 11.1. The maximum atomic E-state index is 12.1. The van der Waals surface area contributed by atoms with E-state index < -0.39 is 35.9 Å². The molecule has 23 heavy (non-hydrogen) atoms. The summed E-state index contributed by atoms with van der Waals surface area (Å²) in [5, 5.41) is 11.0. The SMILES string of the molecule is CO[C@@H](C)C(=O)N[C@@H](CCC(=O)C=[N+]=[N-])C(=O)O[C@H](C)CC#N. The first-order valence-corrected chi connectivity index (χ1v) is 6.96. The molecule has 0 unspecified atom stereocenters. The number of rotatable bonds is 10. The largest absolute Gasteiger partial charge is 0.460 e. The average molecular weight is 324 g/mol. The van der Waals surface area contributed by atoms with Crippen molar-refractivity contribution >= 4 is 23.9 Å². The van der Waals surface area contributed by atoms with Crippen LogP contribution >= 0.6 is 0 Å². The van der Waals surface area contributed by atoms with Gasteiger partial charge < -0.3 is 20.3 Å². The highest BCUT2D eigenvalue weighted by Crippen LogP contribution is 2.06. The standard InChI is InChI=1S/C14H20N4O5/c1-9(6-7-15)23-14(21)12(5-4-11(19)8-17-16)18-13(20)10(2)22-3/h8-10,12H,4-6H2,1-3H3,(H,18,20)/t9-,10+,12+/m1/s1. The maximum Gasteiger partial charge on any atom is 0.328 e. The van der Waals surface area contributed by atoms with Crippen molar-refractivity contribution in [3.05, 3.63) is 5.53 Å². The van der Waals surface area contributed by atoms with Crippen LogP contribution in [0.5, 0.6) is 0 Å². The van der Waals surface area contributed by atoms with Gasteiger partial charge in [-0.2, -0.15) is 10.1 Å². The summed E-state index contributed by atoms with van der Waals surface area (Å²) in [6.07, 6.45) is -0.862. The van der Waals surface area contributed by atoms with Crippen LogP contribution in [0.2, 0.25) is 0 Å². The Morgan fingerprint density at radius 1 is 1.39 bits per heavy atom. The van der Waals surface area contributed by atoms with Gasteiger partial charge >= 0.3 is 12.2 Å². The quantitative estimate of drug-likeness (QED) is 0.259. The molecule has 0 saturated carbocycles. The minimum absolute atomic E-state index is 0.0109. The number of esters is 1. The van der Waals surface area contributed by atoms with Gasteiger partial charge in [-0.25, -0.2) is 4.79 Å². The van der Waals surface area contributed by atoms with Gasteiger partial charge in [0.25, 0.3) is 0 Å². The number of ketones is 1. The van der Waals surface area contributed by atoms with Gasteiger partial charge in [-0.1, -0.05) is 0 Å². The molecule has 0 spiro atoms. The van der Waals surface area contributed by atoms with Gasteiger partial charge in [-0.15, -0.1) is 0 Å². The summed E-state index contributed by atoms with van der Waals surface area (Å²) in [4.78, 5) is 37.8. The molecule has 0 aromatic carbocycles. The van der Waals surface area contributed by atoms with Gasteiger partial charge in [0.05, 0.1) is 12.5 Å². The van der Waals surface area contributed by atoms with E-state index in [0.29, 0.717) is 6.21 Å². The minimum atomic E-state index is -1.07. The van der Waals surface area contributed by atoms with E-state index in [0.717, 1.165) is 0 Å². The van der Waals surface area contributed by atoms with Crippen molar-refractivity contribution in [3.63, 3.8) is 0 Å². The number of nitriles is 1. The Labute approximate surface area is 134 Å². The highest BCUT2D eigenvalue weighted by molar-refractivity contribution is 6.25. The Bertz CT molecular complexity index is 522. The molecule has 3 atom stereocenters. The van der Waals surface area contributed by atoms with Crippen LogP contribution in [-0.4, -0.2) is 54.0 Å². The van der Waals surface area contributed by atoms with Crippen LogP contribution < -0.4 is 5.32 Å². The molecule has 0 aromatic heterocycles. The van der Waals surface area contributed by atoms with E-state index in [-0.39, 0.29) is 19.3 Å². The zero-order valence-electron chi connectivity index (χ0n) is 13.3. The summed E-state index contributed by atoms with van der Waals surface area (Å²) in [5.74, 6) is -1.80. The molecule has 0 heterocycles. The van der Waals surface area contributed by atoms with Crippen molar-refractivity contribution in [3.8, 4) is 6.07 Å². The predicted molar refractivity (Wildman–Crippen MR) is 78.1 cm³/mol. The predicted octanol–water partition coefficient (Wildman–Crippen LogP) is 0.00138. The van der Waals surface area contributed by atoms with Gasteiger partial charge in [0.2, 0.25) is 11.7 Å². The summed E-state index contributed by atoms with van der Waals surface area (Å²) in [6.45, 7) is 3.04. The number of amides is 1. The van der Waals surface area contributed by atoms with Crippen LogP contribution in [0.1, 0.15) is 33.1 Å². The van der Waals surface area contributed by atoms with Crippen LogP contribution in [0.4, 0.5) is 0 Å². The molecule has 9 heteroatoms. The number of ether oxygens (including phenoxy) is 2. The summed E-state index contributed by atoms with van der Waals surface area (Å²) >= 11 is 0. The van der Waals surface area contributed by atoms with Crippen molar-refractivity contribution in [2.45, 2.75) is 51.4 Å². The van der Waals surface area contributed by atoms with E-state index >= 15 is 0 Å². The average Bonchev–Trinajstić information content (AvgIpc) is 2.50. The Hall–Kier alpha value is -2.56. The van der Waals surface area contributed by atoms with Crippen LogP contribution in [0.3, 0.4) is 0 Å². The third-order valence-electron chi connectivity index (χ3n) is 2.90. The Morgan fingerprint density at radius 2 is 2.04 bits per heavy atom. The first-order valence-electron chi connectivity index (χ1n) is 6.96. The fourth-order valence-corrected chi connectivity index (χ4v) is 1.51. The van der Waals surface area contributed by atoms with Crippen molar-refractivity contribution in [2.75, 3.05) is 7.11 Å². The molecule has 0 saturated heterocycles. The number of hydrogen-bond acceptors (Lipinski definition) is 6. The molecular formula is C14H20N4O5. The lowest BCUT2D eigenvalue weighted by Crippen LogP contribution is -2.46. The molecular weight excluding hydrogens is 304 g/mol. The maximum absolute atomic E-state index is 12.1. The second-order valence-electron chi connectivity index (χ2n) is 4.80. The second-order valence-corrected chi connectivity index (χ2v) is 4.80.